The van der Waals surface area contributed by atoms with Crippen molar-refractivity contribution in [1.29, 1.82) is 0 Å². The van der Waals surface area contributed by atoms with Crippen molar-refractivity contribution in [3.63, 3.8) is 0 Å². The lowest BCUT2D eigenvalue weighted by Crippen LogP contribution is -2.35. The van der Waals surface area contributed by atoms with Gasteiger partial charge in [0.25, 0.3) is 0 Å². The Bertz CT molecular complexity index is 3730. The Labute approximate surface area is 385 Å². The number of thiophene rings is 1. The van der Waals surface area contributed by atoms with Crippen LogP contribution in [0.25, 0.3) is 87.3 Å². The highest BCUT2D eigenvalue weighted by atomic mass is 32.1. The van der Waals surface area contributed by atoms with Crippen LogP contribution in [0.15, 0.2) is 195 Å². The first-order valence-corrected chi connectivity index (χ1v) is 23.7. The topological polar surface area (TPSA) is 14.8 Å². The number of aryl methyl sites for hydroxylation is 1. The van der Waals surface area contributed by atoms with E-state index >= 15 is 0 Å². The molecule has 0 aliphatic carbocycles. The first kappa shape index (κ1) is 40.6. The Kier molecular flexibility index (Phi) is 9.71. The van der Waals surface area contributed by atoms with Crippen molar-refractivity contribution in [2.45, 2.75) is 58.5 Å². The van der Waals surface area contributed by atoms with E-state index in [9.17, 15) is 0 Å². The van der Waals surface area contributed by atoms with E-state index in [1.54, 1.807) is 0 Å². The summed E-state index contributed by atoms with van der Waals surface area (Å²) >= 11 is 1.83. The van der Waals surface area contributed by atoms with Crippen LogP contribution in [0.5, 0.6) is 0 Å². The number of para-hydroxylation sites is 4. The van der Waals surface area contributed by atoms with Crippen LogP contribution in [0.1, 0.15) is 62.1 Å². The van der Waals surface area contributed by atoms with Gasteiger partial charge in [0.15, 0.2) is 0 Å². The number of nitrogens with zero attached hydrogens (tertiary/aromatic N) is 3. The van der Waals surface area contributed by atoms with E-state index in [2.05, 4.69) is 225 Å². The lowest BCUT2D eigenvalue weighted by molar-refractivity contribution is 0.422. The lowest BCUT2D eigenvalue weighted by Gasteiger charge is -2.38. The highest BCUT2D eigenvalue weighted by molar-refractivity contribution is 7.20. The number of hydrogen-bond acceptors (Lipinski definition) is 1. The summed E-state index contributed by atoms with van der Waals surface area (Å²) in [6.07, 6.45) is 12.2. The van der Waals surface area contributed by atoms with Gasteiger partial charge in [-0.2, -0.15) is 0 Å². The third-order valence-corrected chi connectivity index (χ3v) is 15.7. The third-order valence-electron chi connectivity index (χ3n) is 14.5. The fourth-order valence-corrected chi connectivity index (χ4v) is 12.4. The van der Waals surface area contributed by atoms with Crippen molar-refractivity contribution in [1.82, 2.24) is 13.7 Å². The number of rotatable bonds is 11. The summed E-state index contributed by atoms with van der Waals surface area (Å²) in [5.41, 5.74) is 12.5. The second-order valence-electron chi connectivity index (χ2n) is 17.9. The van der Waals surface area contributed by atoms with Crippen LogP contribution in [0.2, 0.25) is 0 Å². The minimum absolute atomic E-state index is 0.375. The second kappa shape index (κ2) is 15.5. The second-order valence-corrected chi connectivity index (χ2v) is 19.0. The van der Waals surface area contributed by atoms with E-state index < -0.39 is 5.54 Å². The Morgan fingerprint density at radius 1 is 0.615 bits per heavy atom. The van der Waals surface area contributed by atoms with Crippen LogP contribution in [0.4, 0.5) is 0 Å². The molecule has 0 saturated heterocycles. The molecule has 2 unspecified atom stereocenters. The van der Waals surface area contributed by atoms with Gasteiger partial charge in [-0.15, -0.1) is 11.3 Å². The minimum Gasteiger partial charge on any atom is -0.330 e. The van der Waals surface area contributed by atoms with Crippen molar-refractivity contribution in [2.75, 3.05) is 0 Å². The first-order chi connectivity index (χ1) is 31.7. The molecule has 11 rings (SSSR count). The van der Waals surface area contributed by atoms with E-state index in [-0.39, 0.29) is 5.54 Å². The number of hydrogen-bond donors (Lipinski definition) is 0. The quantitative estimate of drug-likeness (QED) is 0.0909. The van der Waals surface area contributed by atoms with Gasteiger partial charge < -0.3 is 13.7 Å². The summed E-state index contributed by atoms with van der Waals surface area (Å²) in [7, 11) is 0. The van der Waals surface area contributed by atoms with Gasteiger partial charge in [-0.05, 0) is 135 Å². The predicted octanol–water partition coefficient (Wildman–Crippen LogP) is 17.2. The van der Waals surface area contributed by atoms with Gasteiger partial charge in [-0.1, -0.05) is 135 Å². The Balaban J connectivity index is 1.13. The lowest BCUT2D eigenvalue weighted by atomic mass is 9.80. The molecule has 0 amide bonds. The summed E-state index contributed by atoms with van der Waals surface area (Å²) in [5, 5.41) is 8.84. The molecule has 0 fully saturated rings. The molecule has 3 nitrogen and oxygen atoms in total. The summed E-state index contributed by atoms with van der Waals surface area (Å²) in [4.78, 5) is 1.27. The maximum atomic E-state index is 4.83. The Morgan fingerprint density at radius 3 is 1.77 bits per heavy atom. The summed E-state index contributed by atoms with van der Waals surface area (Å²) < 4.78 is 8.94. The Hall–Kier alpha value is -7.14. The summed E-state index contributed by atoms with van der Waals surface area (Å²) in [5.74, 6) is 0. The van der Waals surface area contributed by atoms with E-state index in [4.69, 9.17) is 6.58 Å². The molecule has 4 aromatic heterocycles. The van der Waals surface area contributed by atoms with E-state index in [1.165, 1.54) is 103 Å². The van der Waals surface area contributed by atoms with Crippen molar-refractivity contribution < 1.29 is 0 Å². The van der Waals surface area contributed by atoms with Gasteiger partial charge in [0, 0.05) is 58.6 Å². The monoisotopic (exact) mass is 859 g/mol. The van der Waals surface area contributed by atoms with Crippen LogP contribution < -0.4 is 0 Å². The third kappa shape index (κ3) is 5.93. The maximum absolute atomic E-state index is 4.83. The number of fused-ring (bicyclic) bond motifs is 10. The number of allylic oxidation sites excluding steroid dienone is 5. The largest absolute Gasteiger partial charge is 0.330 e. The zero-order valence-electron chi connectivity index (χ0n) is 37.9. The minimum atomic E-state index is -0.538. The molecule has 0 N–H and O–H groups in total. The van der Waals surface area contributed by atoms with E-state index in [0.717, 1.165) is 18.4 Å². The average Bonchev–Trinajstić information content (AvgIpc) is 4.06. The van der Waals surface area contributed by atoms with E-state index in [0.29, 0.717) is 0 Å². The normalized spacial score (nSPS) is 14.3. The molecule has 0 radical (unpaired) electrons. The van der Waals surface area contributed by atoms with Gasteiger partial charge in [0.2, 0.25) is 0 Å². The fraction of sp³-hybridized carbons (Fsp3) is 0.148. The van der Waals surface area contributed by atoms with Crippen LogP contribution in [0, 0.1) is 6.92 Å². The fourth-order valence-electron chi connectivity index (χ4n) is 11.3. The van der Waals surface area contributed by atoms with Gasteiger partial charge in [-0.3, -0.25) is 0 Å². The molecular formula is C61H53N3S. The molecule has 0 aliphatic heterocycles. The molecule has 4 heteroatoms. The summed E-state index contributed by atoms with van der Waals surface area (Å²) in [6, 6.07) is 57.0. The smallest absolute Gasteiger partial charge is 0.0907 e. The zero-order valence-corrected chi connectivity index (χ0v) is 38.7. The number of benzene rings is 7. The standard InChI is InChI=1S/C61H53N3S/c1-8-11-29-58-41(6)49-39-44(32-35-59(49)65-58)62-52-25-17-13-23-47(52)50-38-43(31-33-53(50)62)61(10-3,40(4)5)64-56-28-20-16-24-48(56)51-37-42(30-34-57(51)64)60(7,36-12-9-2)63-54-26-18-14-21-45(54)46-22-15-19-27-55(46)63/h8-9,11-35,37-39H,1,4,10,36H2,2-3,5-7H3/b12-9-,29-11-. The molecule has 318 valence electrons. The highest BCUT2D eigenvalue weighted by Crippen LogP contribution is 2.48. The number of aromatic nitrogens is 3. The highest BCUT2D eigenvalue weighted by Gasteiger charge is 2.38. The molecule has 65 heavy (non-hydrogen) atoms. The van der Waals surface area contributed by atoms with Crippen LogP contribution >= 0.6 is 11.3 Å². The molecular weight excluding hydrogens is 807 g/mol. The molecule has 7 aromatic carbocycles. The average molecular weight is 860 g/mol. The van der Waals surface area contributed by atoms with Crippen molar-refractivity contribution in [3.8, 4) is 5.69 Å². The van der Waals surface area contributed by atoms with Gasteiger partial charge in [-0.25, -0.2) is 0 Å². The molecule has 11 aromatic rings. The summed E-state index contributed by atoms with van der Waals surface area (Å²) in [6.45, 7) is 20.0. The molecule has 0 saturated carbocycles. The van der Waals surface area contributed by atoms with Gasteiger partial charge >= 0.3 is 0 Å². The molecule has 0 aliphatic rings. The van der Waals surface area contributed by atoms with Gasteiger partial charge in [0.05, 0.1) is 33.1 Å². The Morgan fingerprint density at radius 2 is 1.14 bits per heavy atom. The predicted molar refractivity (Wildman–Crippen MR) is 283 cm³/mol. The SMILES string of the molecule is C=C/C=C\c1sc2ccc(-n3c4ccccc4c4cc(C(CC)(C(=C)C)n5c6ccccc6c6cc(C(C)(C/C=C\C)n7c8ccccc8c8ccccc87)ccc65)ccc43)cc2c1C. The van der Waals surface area contributed by atoms with Crippen LogP contribution in [0.3, 0.4) is 0 Å². The van der Waals surface area contributed by atoms with Crippen molar-refractivity contribution in [2.24, 2.45) is 0 Å². The molecule has 4 heterocycles. The maximum Gasteiger partial charge on any atom is 0.0907 e. The van der Waals surface area contributed by atoms with E-state index in [1.807, 2.05) is 23.5 Å². The van der Waals surface area contributed by atoms with Crippen molar-refractivity contribution in [3.05, 3.63) is 216 Å². The molecule has 2 atom stereocenters. The molecule has 0 bridgehead atoms. The zero-order chi connectivity index (χ0) is 44.6. The molecule has 0 spiro atoms. The first-order valence-electron chi connectivity index (χ1n) is 22.9. The van der Waals surface area contributed by atoms with Gasteiger partial charge in [0.1, 0.15) is 0 Å². The van der Waals surface area contributed by atoms with Crippen LogP contribution in [-0.4, -0.2) is 13.7 Å². The van der Waals surface area contributed by atoms with Crippen molar-refractivity contribution >= 4 is 92.9 Å². The van der Waals surface area contributed by atoms with Crippen LogP contribution in [-0.2, 0) is 11.1 Å².